The first-order valence-corrected chi connectivity index (χ1v) is 12.6. The summed E-state index contributed by atoms with van der Waals surface area (Å²) in [5.41, 5.74) is 11.4. The van der Waals surface area contributed by atoms with Crippen molar-refractivity contribution in [1.82, 2.24) is 15.2 Å². The quantitative estimate of drug-likeness (QED) is 0.141. The largest absolute Gasteiger partial charge is 0.573 e. The molecule has 1 aliphatic carbocycles. The molecule has 0 atom stereocenters. The summed E-state index contributed by atoms with van der Waals surface area (Å²) < 4.78 is 43.2. The van der Waals surface area contributed by atoms with E-state index in [-0.39, 0.29) is 5.75 Å². The van der Waals surface area contributed by atoms with E-state index in [4.69, 9.17) is 12.2 Å². The number of thiocarbonyl (C=S) groups is 1. The smallest absolute Gasteiger partial charge is 0.406 e. The molecule has 0 radical (unpaired) electrons. The Morgan fingerprint density at radius 2 is 1.79 bits per heavy atom. The van der Waals surface area contributed by atoms with Crippen LogP contribution < -0.4 is 15.5 Å². The van der Waals surface area contributed by atoms with Crippen LogP contribution in [0.15, 0.2) is 83.6 Å². The van der Waals surface area contributed by atoms with Gasteiger partial charge in [0.25, 0.3) is 0 Å². The van der Waals surface area contributed by atoms with Crippen molar-refractivity contribution in [3.63, 3.8) is 0 Å². The van der Waals surface area contributed by atoms with E-state index in [1.54, 1.807) is 29.2 Å². The lowest BCUT2D eigenvalue weighted by atomic mass is 9.90. The number of anilines is 1. The molecular formula is C29H28F3N5OS. The second-order valence-electron chi connectivity index (χ2n) is 9.15. The summed E-state index contributed by atoms with van der Waals surface area (Å²) in [4.78, 5) is 0. The van der Waals surface area contributed by atoms with Crippen LogP contribution in [0.5, 0.6) is 5.75 Å². The van der Waals surface area contributed by atoms with Crippen molar-refractivity contribution in [2.45, 2.75) is 40.0 Å². The molecule has 0 amide bonds. The SMILES string of the molecule is C=C(/C=C\C1=C(C)CCc2c1cnn2-c1ccc(OC(F)(F)F)cc1)/C=N/NC(=S)Nc1c(C)cccc1C. The predicted molar refractivity (Wildman–Crippen MR) is 153 cm³/mol. The van der Waals surface area contributed by atoms with Gasteiger partial charge in [0.1, 0.15) is 5.75 Å². The van der Waals surface area contributed by atoms with Gasteiger partial charge in [-0.3, -0.25) is 5.43 Å². The number of nitrogens with zero attached hydrogens (tertiary/aromatic N) is 3. The van der Waals surface area contributed by atoms with Crippen LogP contribution in [-0.4, -0.2) is 27.5 Å². The highest BCUT2D eigenvalue weighted by Gasteiger charge is 2.31. The molecule has 6 nitrogen and oxygen atoms in total. The maximum absolute atomic E-state index is 12.5. The number of alkyl halides is 3. The second-order valence-corrected chi connectivity index (χ2v) is 9.56. The number of hydrogen-bond donors (Lipinski definition) is 2. The number of aryl methyl sites for hydroxylation is 2. The van der Waals surface area contributed by atoms with Crippen LogP contribution in [-0.2, 0) is 6.42 Å². The van der Waals surface area contributed by atoms with Gasteiger partial charge in [0.2, 0.25) is 0 Å². The highest BCUT2D eigenvalue weighted by Crippen LogP contribution is 2.34. The van der Waals surface area contributed by atoms with Gasteiger partial charge in [-0.25, -0.2) is 4.68 Å². The summed E-state index contributed by atoms with van der Waals surface area (Å²) in [7, 11) is 0. The maximum atomic E-state index is 12.5. The molecule has 1 heterocycles. The number of hydrogen-bond acceptors (Lipinski definition) is 4. The van der Waals surface area contributed by atoms with Gasteiger partial charge in [0, 0.05) is 11.3 Å². The number of allylic oxidation sites excluding steroid dienone is 5. The van der Waals surface area contributed by atoms with Crippen LogP contribution in [0.3, 0.4) is 0 Å². The summed E-state index contributed by atoms with van der Waals surface area (Å²) in [6.07, 6.45) is 4.05. The number of rotatable bonds is 7. The molecule has 2 aromatic carbocycles. The number of hydrazone groups is 1. The average molecular weight is 552 g/mol. The van der Waals surface area contributed by atoms with Crippen molar-refractivity contribution in [3.8, 4) is 11.4 Å². The molecular weight excluding hydrogens is 523 g/mol. The van der Waals surface area contributed by atoms with Gasteiger partial charge in [0.15, 0.2) is 5.11 Å². The van der Waals surface area contributed by atoms with Gasteiger partial charge in [-0.1, -0.05) is 42.5 Å². The van der Waals surface area contributed by atoms with Crippen molar-refractivity contribution in [3.05, 3.63) is 101 Å². The van der Waals surface area contributed by atoms with Crippen LogP contribution in [0.2, 0.25) is 0 Å². The van der Waals surface area contributed by atoms with Crippen LogP contribution in [0.4, 0.5) is 18.9 Å². The first-order chi connectivity index (χ1) is 18.5. The second kappa shape index (κ2) is 11.7. The highest BCUT2D eigenvalue weighted by atomic mass is 32.1. The van der Waals surface area contributed by atoms with E-state index in [1.165, 1.54) is 17.7 Å². The number of para-hydroxylation sites is 1. The van der Waals surface area contributed by atoms with E-state index in [9.17, 15) is 13.2 Å². The van der Waals surface area contributed by atoms with E-state index < -0.39 is 6.36 Å². The Balaban J connectivity index is 1.41. The predicted octanol–water partition coefficient (Wildman–Crippen LogP) is 7.19. The third-order valence-corrected chi connectivity index (χ3v) is 6.44. The van der Waals surface area contributed by atoms with E-state index in [0.717, 1.165) is 46.5 Å². The van der Waals surface area contributed by atoms with Crippen molar-refractivity contribution in [2.24, 2.45) is 5.10 Å². The Kier molecular flexibility index (Phi) is 8.35. The molecule has 0 bridgehead atoms. The Bertz CT molecular complexity index is 1460. The van der Waals surface area contributed by atoms with Gasteiger partial charge in [-0.05, 0) is 92.4 Å². The summed E-state index contributed by atoms with van der Waals surface area (Å²) >= 11 is 5.35. The molecule has 0 saturated carbocycles. The van der Waals surface area contributed by atoms with Gasteiger partial charge < -0.3 is 10.1 Å². The fraction of sp³-hybridized carbons (Fsp3) is 0.207. The van der Waals surface area contributed by atoms with E-state index in [0.29, 0.717) is 16.4 Å². The molecule has 39 heavy (non-hydrogen) atoms. The van der Waals surface area contributed by atoms with Gasteiger partial charge in [-0.15, -0.1) is 13.2 Å². The molecule has 1 aromatic heterocycles. The summed E-state index contributed by atoms with van der Waals surface area (Å²) in [5, 5.41) is 12.2. The zero-order valence-corrected chi connectivity index (χ0v) is 22.6. The van der Waals surface area contributed by atoms with Crippen molar-refractivity contribution < 1.29 is 17.9 Å². The number of nitrogens with one attached hydrogen (secondary N) is 2. The third kappa shape index (κ3) is 7.02. The lowest BCUT2D eigenvalue weighted by Gasteiger charge is -2.18. The first-order valence-electron chi connectivity index (χ1n) is 12.2. The summed E-state index contributed by atoms with van der Waals surface area (Å²) in [6.45, 7) is 10.1. The number of aromatic nitrogens is 2. The van der Waals surface area contributed by atoms with Crippen molar-refractivity contribution >= 4 is 34.8 Å². The Hall–Kier alpha value is -4.18. The third-order valence-electron chi connectivity index (χ3n) is 6.25. The number of ether oxygens (including phenoxy) is 1. The minimum atomic E-state index is -4.73. The maximum Gasteiger partial charge on any atom is 0.573 e. The molecule has 2 N–H and O–H groups in total. The molecule has 3 aromatic rings. The Morgan fingerprint density at radius 1 is 1.10 bits per heavy atom. The minimum absolute atomic E-state index is 0.275. The molecule has 1 aliphatic rings. The number of fused-ring (bicyclic) bond motifs is 1. The highest BCUT2D eigenvalue weighted by molar-refractivity contribution is 7.80. The molecule has 0 spiro atoms. The molecule has 202 valence electrons. The fourth-order valence-corrected chi connectivity index (χ4v) is 4.47. The zero-order valence-electron chi connectivity index (χ0n) is 21.8. The molecule has 0 saturated heterocycles. The van der Waals surface area contributed by atoms with Crippen LogP contribution >= 0.6 is 12.2 Å². The standard InChI is InChI=1S/C29H28F3N5OS/c1-18(16-33-36-28(39)35-27-20(3)6-5-7-21(27)4)8-14-24-19(2)9-15-26-25(24)17-34-37(26)22-10-12-23(13-11-22)38-29(30,31)32/h5-8,10-14,16-17H,1,9,15H2,2-4H3,(H2,35,36,39)/b14-8-,33-16+. The topological polar surface area (TPSA) is 63.5 Å². The van der Waals surface area contributed by atoms with Gasteiger partial charge in [0.05, 0.1) is 23.8 Å². The Labute approximate surface area is 230 Å². The van der Waals surface area contributed by atoms with E-state index >= 15 is 0 Å². The van der Waals surface area contributed by atoms with Crippen LogP contribution in [0.1, 0.15) is 35.7 Å². The molecule has 4 rings (SSSR count). The van der Waals surface area contributed by atoms with Gasteiger partial charge in [-0.2, -0.15) is 10.2 Å². The summed E-state index contributed by atoms with van der Waals surface area (Å²) in [6, 6.07) is 11.7. The Morgan fingerprint density at radius 3 is 2.46 bits per heavy atom. The zero-order chi connectivity index (χ0) is 28.2. The number of benzene rings is 2. The molecule has 0 aliphatic heterocycles. The lowest BCUT2D eigenvalue weighted by Crippen LogP contribution is -2.24. The van der Waals surface area contributed by atoms with E-state index in [1.807, 2.05) is 44.2 Å². The van der Waals surface area contributed by atoms with Crippen LogP contribution in [0.25, 0.3) is 11.3 Å². The lowest BCUT2D eigenvalue weighted by molar-refractivity contribution is -0.274. The monoisotopic (exact) mass is 551 g/mol. The van der Waals surface area contributed by atoms with E-state index in [2.05, 4.69) is 39.2 Å². The minimum Gasteiger partial charge on any atom is -0.406 e. The molecule has 10 heteroatoms. The summed E-state index contributed by atoms with van der Waals surface area (Å²) in [5.74, 6) is -0.275. The van der Waals surface area contributed by atoms with Gasteiger partial charge >= 0.3 is 6.36 Å². The van der Waals surface area contributed by atoms with Crippen LogP contribution in [0, 0.1) is 13.8 Å². The number of halogens is 3. The van der Waals surface area contributed by atoms with Crippen molar-refractivity contribution in [1.29, 1.82) is 0 Å². The first kappa shape index (κ1) is 27.8. The average Bonchev–Trinajstić information content (AvgIpc) is 3.29. The normalized spacial score (nSPS) is 13.6. The van der Waals surface area contributed by atoms with Crippen molar-refractivity contribution in [2.75, 3.05) is 5.32 Å². The molecule has 0 unspecified atom stereocenters. The molecule has 0 fully saturated rings. The fourth-order valence-electron chi connectivity index (χ4n) is 4.31.